The van der Waals surface area contributed by atoms with Gasteiger partial charge in [-0.25, -0.2) is 0 Å². The van der Waals surface area contributed by atoms with E-state index in [0.29, 0.717) is 0 Å². The van der Waals surface area contributed by atoms with E-state index in [9.17, 15) is 14.7 Å². The third-order valence-corrected chi connectivity index (χ3v) is 6.16. The van der Waals surface area contributed by atoms with Crippen LogP contribution in [0.15, 0.2) is 24.3 Å². The van der Waals surface area contributed by atoms with Crippen LogP contribution < -0.4 is 5.32 Å². The molecular formula is C21H30N2O3. The van der Waals surface area contributed by atoms with Crippen molar-refractivity contribution in [3.8, 4) is 0 Å². The zero-order valence-electron chi connectivity index (χ0n) is 16.0. The van der Waals surface area contributed by atoms with E-state index < -0.39 is 23.2 Å². The number of carbonyl (C=O) groups excluding carboxylic acids is 1. The average Bonchev–Trinajstić information content (AvgIpc) is 3.18. The molecule has 2 atom stereocenters. The monoisotopic (exact) mass is 358 g/mol. The number of aliphatic carboxylic acids is 1. The van der Waals surface area contributed by atoms with E-state index in [1.54, 1.807) is 0 Å². The molecule has 1 amide bonds. The van der Waals surface area contributed by atoms with Gasteiger partial charge in [-0.1, -0.05) is 32.9 Å². The molecule has 0 aromatic heterocycles. The van der Waals surface area contributed by atoms with Gasteiger partial charge in [0.1, 0.15) is 0 Å². The SMILES string of the molecule is CC1CCN(CCc2cccc(NC(=O)[C@@H]3[C@H](C(=O)O)C3(C)C)c2)CC1. The minimum Gasteiger partial charge on any atom is -0.481 e. The maximum absolute atomic E-state index is 12.5. The predicted octanol–water partition coefficient (Wildman–Crippen LogP) is 3.26. The van der Waals surface area contributed by atoms with Crippen LogP contribution >= 0.6 is 0 Å². The lowest BCUT2D eigenvalue weighted by Gasteiger charge is -2.30. The van der Waals surface area contributed by atoms with Crippen molar-refractivity contribution in [3.05, 3.63) is 29.8 Å². The van der Waals surface area contributed by atoms with Crippen LogP contribution in [0.5, 0.6) is 0 Å². The van der Waals surface area contributed by atoms with E-state index in [2.05, 4.69) is 23.2 Å². The molecule has 1 heterocycles. The van der Waals surface area contributed by atoms with E-state index in [-0.39, 0.29) is 5.91 Å². The quantitative estimate of drug-likeness (QED) is 0.819. The second-order valence-electron chi connectivity index (χ2n) is 8.58. The van der Waals surface area contributed by atoms with Crippen molar-refractivity contribution in [2.75, 3.05) is 25.0 Å². The van der Waals surface area contributed by atoms with Gasteiger partial charge in [0.05, 0.1) is 11.8 Å². The van der Waals surface area contributed by atoms with E-state index in [0.717, 1.165) is 24.6 Å². The molecule has 1 aliphatic carbocycles. The van der Waals surface area contributed by atoms with Crippen LogP contribution in [0.25, 0.3) is 0 Å². The molecule has 1 saturated heterocycles. The summed E-state index contributed by atoms with van der Waals surface area (Å²) in [5.74, 6) is -1.29. The highest BCUT2D eigenvalue weighted by molar-refractivity contribution is 5.99. The number of carboxylic acid groups (broad SMARTS) is 1. The molecule has 26 heavy (non-hydrogen) atoms. The lowest BCUT2D eigenvalue weighted by Crippen LogP contribution is -2.34. The van der Waals surface area contributed by atoms with Gasteiger partial charge in [-0.2, -0.15) is 0 Å². The van der Waals surface area contributed by atoms with Crippen molar-refractivity contribution >= 4 is 17.6 Å². The van der Waals surface area contributed by atoms with Crippen LogP contribution in [0.4, 0.5) is 5.69 Å². The van der Waals surface area contributed by atoms with Gasteiger partial charge < -0.3 is 15.3 Å². The van der Waals surface area contributed by atoms with Crippen molar-refractivity contribution in [1.29, 1.82) is 0 Å². The lowest BCUT2D eigenvalue weighted by molar-refractivity contribution is -0.140. The Morgan fingerprint density at radius 3 is 2.54 bits per heavy atom. The van der Waals surface area contributed by atoms with Crippen molar-refractivity contribution in [1.82, 2.24) is 4.90 Å². The number of nitrogens with zero attached hydrogens (tertiary/aromatic N) is 1. The largest absolute Gasteiger partial charge is 0.481 e. The van der Waals surface area contributed by atoms with Crippen molar-refractivity contribution < 1.29 is 14.7 Å². The molecule has 1 aromatic rings. The molecule has 5 heteroatoms. The highest BCUT2D eigenvalue weighted by Gasteiger charge is 2.65. The number of likely N-dealkylation sites (tertiary alicyclic amines) is 1. The molecule has 1 aliphatic heterocycles. The van der Waals surface area contributed by atoms with E-state index in [4.69, 9.17) is 0 Å². The molecule has 2 N–H and O–H groups in total. The Balaban J connectivity index is 1.54. The first-order chi connectivity index (χ1) is 12.3. The Labute approximate surface area is 155 Å². The Kier molecular flexibility index (Phi) is 5.37. The third-order valence-electron chi connectivity index (χ3n) is 6.16. The van der Waals surface area contributed by atoms with Crippen LogP contribution in [0, 0.1) is 23.2 Å². The first-order valence-corrected chi connectivity index (χ1v) is 9.64. The molecule has 3 rings (SSSR count). The fraction of sp³-hybridized carbons (Fsp3) is 0.619. The van der Waals surface area contributed by atoms with Gasteiger partial charge in [0.15, 0.2) is 0 Å². The Hall–Kier alpha value is -1.88. The minimum absolute atomic E-state index is 0.190. The minimum atomic E-state index is -0.889. The third kappa shape index (κ3) is 4.09. The summed E-state index contributed by atoms with van der Waals surface area (Å²) in [6.45, 7) is 9.38. The molecule has 0 radical (unpaired) electrons. The number of carbonyl (C=O) groups is 2. The van der Waals surface area contributed by atoms with Gasteiger partial charge in [0.2, 0.25) is 5.91 Å². The molecule has 1 saturated carbocycles. The summed E-state index contributed by atoms with van der Waals surface area (Å²) in [5, 5.41) is 12.2. The molecule has 2 fully saturated rings. The van der Waals surface area contributed by atoms with Gasteiger partial charge in [-0.15, -0.1) is 0 Å². The highest BCUT2D eigenvalue weighted by atomic mass is 16.4. The summed E-state index contributed by atoms with van der Waals surface area (Å²) in [7, 11) is 0. The topological polar surface area (TPSA) is 69.6 Å². The number of hydrogen-bond donors (Lipinski definition) is 2. The number of amides is 1. The molecule has 0 unspecified atom stereocenters. The normalized spacial score (nSPS) is 25.7. The summed E-state index contributed by atoms with van der Waals surface area (Å²) in [4.78, 5) is 26.2. The summed E-state index contributed by atoms with van der Waals surface area (Å²) in [5.41, 5.74) is 1.48. The number of anilines is 1. The van der Waals surface area contributed by atoms with Crippen LogP contribution in [-0.2, 0) is 16.0 Å². The number of benzene rings is 1. The van der Waals surface area contributed by atoms with Crippen LogP contribution in [0.1, 0.15) is 39.2 Å². The molecule has 0 spiro atoms. The molecule has 142 valence electrons. The van der Waals surface area contributed by atoms with Crippen LogP contribution in [0.2, 0.25) is 0 Å². The van der Waals surface area contributed by atoms with Gasteiger partial charge in [-0.3, -0.25) is 9.59 Å². The average molecular weight is 358 g/mol. The van der Waals surface area contributed by atoms with Gasteiger partial charge in [-0.05, 0) is 61.4 Å². The number of piperidine rings is 1. The second-order valence-corrected chi connectivity index (χ2v) is 8.58. The van der Waals surface area contributed by atoms with E-state index in [1.807, 2.05) is 32.0 Å². The number of nitrogens with one attached hydrogen (secondary N) is 1. The van der Waals surface area contributed by atoms with Gasteiger partial charge >= 0.3 is 5.97 Å². The number of hydrogen-bond acceptors (Lipinski definition) is 3. The summed E-state index contributed by atoms with van der Waals surface area (Å²) in [6.07, 6.45) is 3.51. The zero-order valence-corrected chi connectivity index (χ0v) is 16.0. The Bertz CT molecular complexity index is 678. The summed E-state index contributed by atoms with van der Waals surface area (Å²) < 4.78 is 0. The van der Waals surface area contributed by atoms with Crippen molar-refractivity contribution in [3.63, 3.8) is 0 Å². The lowest BCUT2D eigenvalue weighted by atomic mass is 9.99. The second kappa shape index (κ2) is 7.39. The molecule has 0 bridgehead atoms. The predicted molar refractivity (Wildman–Crippen MR) is 102 cm³/mol. The fourth-order valence-electron chi connectivity index (χ4n) is 4.19. The van der Waals surface area contributed by atoms with E-state index >= 15 is 0 Å². The Morgan fingerprint density at radius 1 is 1.23 bits per heavy atom. The first-order valence-electron chi connectivity index (χ1n) is 9.64. The number of carboxylic acids is 1. The van der Waals surface area contributed by atoms with E-state index in [1.165, 1.54) is 31.5 Å². The zero-order chi connectivity index (χ0) is 18.9. The highest BCUT2D eigenvalue weighted by Crippen LogP contribution is 2.58. The van der Waals surface area contributed by atoms with Crippen molar-refractivity contribution in [2.24, 2.45) is 23.2 Å². The maximum Gasteiger partial charge on any atom is 0.307 e. The number of rotatable bonds is 6. The standard InChI is InChI=1S/C21H30N2O3/c1-14-7-10-23(11-8-14)12-9-15-5-4-6-16(13-15)22-19(24)17-18(20(25)26)21(17,2)3/h4-6,13-14,17-18H,7-12H2,1-3H3,(H,22,24)(H,25,26)/t17-,18+/m0/s1. The smallest absolute Gasteiger partial charge is 0.307 e. The van der Waals surface area contributed by atoms with Gasteiger partial charge in [0.25, 0.3) is 0 Å². The van der Waals surface area contributed by atoms with Gasteiger partial charge in [0, 0.05) is 12.2 Å². The maximum atomic E-state index is 12.5. The molecule has 5 nitrogen and oxygen atoms in total. The summed E-state index contributed by atoms with van der Waals surface area (Å²) >= 11 is 0. The molecule has 2 aliphatic rings. The fourth-order valence-corrected chi connectivity index (χ4v) is 4.19. The van der Waals surface area contributed by atoms with Crippen molar-refractivity contribution in [2.45, 2.75) is 40.0 Å². The Morgan fingerprint density at radius 2 is 1.92 bits per heavy atom. The first kappa shape index (κ1) is 18.9. The summed E-state index contributed by atoms with van der Waals surface area (Å²) in [6, 6.07) is 7.92. The molecular weight excluding hydrogens is 328 g/mol. The van der Waals surface area contributed by atoms with Crippen LogP contribution in [0.3, 0.4) is 0 Å². The van der Waals surface area contributed by atoms with Crippen LogP contribution in [-0.4, -0.2) is 41.5 Å². The molecule has 1 aromatic carbocycles.